The number of carbonyl (C=O) groups excluding carboxylic acids is 2. The molecule has 2 aromatic rings. The van der Waals surface area contributed by atoms with Gasteiger partial charge in [-0.05, 0) is 30.2 Å². The van der Waals surface area contributed by atoms with Crippen molar-refractivity contribution in [3.05, 3.63) is 47.7 Å². The van der Waals surface area contributed by atoms with Gasteiger partial charge in [0.25, 0.3) is 5.91 Å². The molecule has 0 spiro atoms. The molecular weight excluding hydrogens is 254 g/mol. The van der Waals surface area contributed by atoms with Crippen LogP contribution >= 0.6 is 0 Å². The summed E-state index contributed by atoms with van der Waals surface area (Å²) in [5.74, 6) is 1.14. The molecule has 0 saturated heterocycles. The van der Waals surface area contributed by atoms with Crippen LogP contribution in [0.4, 0.5) is 0 Å². The van der Waals surface area contributed by atoms with E-state index in [0.717, 1.165) is 5.56 Å². The van der Waals surface area contributed by atoms with Crippen LogP contribution in [0.2, 0.25) is 0 Å². The summed E-state index contributed by atoms with van der Waals surface area (Å²) in [6.45, 7) is 4.72. The van der Waals surface area contributed by atoms with Crippen molar-refractivity contribution < 1.29 is 14.0 Å². The minimum Gasteiger partial charge on any atom is -0.453 e. The SMILES string of the molecule is CC(C)CNC(=O)c1cccc(-c2ccc(C=O)o2)c1. The zero-order valence-electron chi connectivity index (χ0n) is 11.6. The van der Waals surface area contributed by atoms with Gasteiger partial charge < -0.3 is 9.73 Å². The van der Waals surface area contributed by atoms with Crippen LogP contribution in [-0.4, -0.2) is 18.7 Å². The van der Waals surface area contributed by atoms with E-state index in [1.165, 1.54) is 0 Å². The largest absolute Gasteiger partial charge is 0.453 e. The molecule has 1 N–H and O–H groups in total. The number of nitrogens with one attached hydrogen (secondary N) is 1. The number of carbonyl (C=O) groups is 2. The molecule has 1 amide bonds. The first-order valence-corrected chi connectivity index (χ1v) is 6.54. The average molecular weight is 271 g/mol. The fraction of sp³-hybridized carbons (Fsp3) is 0.250. The summed E-state index contributed by atoms with van der Waals surface area (Å²) in [6, 6.07) is 10.5. The normalized spacial score (nSPS) is 10.6. The Hall–Kier alpha value is -2.36. The monoisotopic (exact) mass is 271 g/mol. The van der Waals surface area contributed by atoms with Crippen molar-refractivity contribution in [1.82, 2.24) is 5.32 Å². The van der Waals surface area contributed by atoms with Gasteiger partial charge in [0, 0.05) is 17.7 Å². The summed E-state index contributed by atoms with van der Waals surface area (Å²) in [7, 11) is 0. The van der Waals surface area contributed by atoms with Crippen LogP contribution in [-0.2, 0) is 0 Å². The van der Waals surface area contributed by atoms with E-state index in [0.29, 0.717) is 30.1 Å². The summed E-state index contributed by atoms with van der Waals surface area (Å²) in [4.78, 5) is 22.6. The van der Waals surface area contributed by atoms with Crippen molar-refractivity contribution >= 4 is 12.2 Å². The van der Waals surface area contributed by atoms with E-state index >= 15 is 0 Å². The fourth-order valence-electron chi connectivity index (χ4n) is 1.78. The Kier molecular flexibility index (Phi) is 4.35. The molecule has 0 aliphatic heterocycles. The molecule has 0 aliphatic rings. The highest BCUT2D eigenvalue weighted by molar-refractivity contribution is 5.95. The third-order valence-corrected chi connectivity index (χ3v) is 2.82. The number of hydrogen-bond acceptors (Lipinski definition) is 3. The number of amides is 1. The van der Waals surface area contributed by atoms with Gasteiger partial charge in [0.15, 0.2) is 12.0 Å². The predicted molar refractivity (Wildman–Crippen MR) is 76.7 cm³/mol. The highest BCUT2D eigenvalue weighted by Gasteiger charge is 2.09. The van der Waals surface area contributed by atoms with Crippen LogP contribution < -0.4 is 5.32 Å². The standard InChI is InChI=1S/C16H17NO3/c1-11(2)9-17-16(19)13-5-3-4-12(8-13)15-7-6-14(10-18)20-15/h3-8,10-11H,9H2,1-2H3,(H,17,19). The molecule has 0 atom stereocenters. The average Bonchev–Trinajstić information content (AvgIpc) is 2.94. The minimum atomic E-state index is -0.109. The van der Waals surface area contributed by atoms with Gasteiger partial charge in [-0.1, -0.05) is 26.0 Å². The Balaban J connectivity index is 2.19. The smallest absolute Gasteiger partial charge is 0.251 e. The summed E-state index contributed by atoms with van der Waals surface area (Å²) in [6.07, 6.45) is 0.655. The van der Waals surface area contributed by atoms with Crippen molar-refractivity contribution in [2.75, 3.05) is 6.54 Å². The molecule has 104 valence electrons. The Morgan fingerprint density at radius 2 is 2.10 bits per heavy atom. The fourth-order valence-corrected chi connectivity index (χ4v) is 1.78. The molecule has 2 rings (SSSR count). The molecule has 1 aromatic heterocycles. The second-order valence-corrected chi connectivity index (χ2v) is 5.00. The molecule has 1 heterocycles. The lowest BCUT2D eigenvalue weighted by Gasteiger charge is -2.08. The van der Waals surface area contributed by atoms with E-state index in [2.05, 4.69) is 5.32 Å². The maximum atomic E-state index is 12.0. The van der Waals surface area contributed by atoms with E-state index in [-0.39, 0.29) is 11.7 Å². The Morgan fingerprint density at radius 3 is 2.75 bits per heavy atom. The maximum absolute atomic E-state index is 12.0. The summed E-state index contributed by atoms with van der Waals surface area (Å²) >= 11 is 0. The number of rotatable bonds is 5. The first-order chi connectivity index (χ1) is 9.60. The van der Waals surface area contributed by atoms with E-state index in [9.17, 15) is 9.59 Å². The number of aldehydes is 1. The molecule has 4 nitrogen and oxygen atoms in total. The third kappa shape index (κ3) is 3.35. The highest BCUT2D eigenvalue weighted by atomic mass is 16.3. The highest BCUT2D eigenvalue weighted by Crippen LogP contribution is 2.22. The van der Waals surface area contributed by atoms with Crippen LogP contribution in [0.5, 0.6) is 0 Å². The molecule has 20 heavy (non-hydrogen) atoms. The van der Waals surface area contributed by atoms with Gasteiger partial charge in [0.05, 0.1) is 0 Å². The van der Waals surface area contributed by atoms with Crippen LogP contribution in [0.25, 0.3) is 11.3 Å². The topological polar surface area (TPSA) is 59.3 Å². The Morgan fingerprint density at radius 1 is 1.30 bits per heavy atom. The first kappa shape index (κ1) is 14.1. The summed E-state index contributed by atoms with van der Waals surface area (Å²) in [5.41, 5.74) is 1.35. The van der Waals surface area contributed by atoms with Gasteiger partial charge in [-0.25, -0.2) is 0 Å². The Labute approximate surface area is 117 Å². The Bertz CT molecular complexity index is 614. The van der Waals surface area contributed by atoms with E-state index in [1.54, 1.807) is 30.3 Å². The molecule has 0 fully saturated rings. The lowest BCUT2D eigenvalue weighted by molar-refractivity contribution is 0.0948. The van der Waals surface area contributed by atoms with Gasteiger partial charge in [0.2, 0.25) is 0 Å². The summed E-state index contributed by atoms with van der Waals surface area (Å²) in [5, 5.41) is 2.87. The molecule has 1 aromatic carbocycles. The lowest BCUT2D eigenvalue weighted by atomic mass is 10.1. The van der Waals surface area contributed by atoms with E-state index in [4.69, 9.17) is 4.42 Å². The van der Waals surface area contributed by atoms with Crippen LogP contribution in [0, 0.1) is 5.92 Å². The molecule has 0 radical (unpaired) electrons. The lowest BCUT2D eigenvalue weighted by Crippen LogP contribution is -2.27. The van der Waals surface area contributed by atoms with Crippen molar-refractivity contribution in [2.45, 2.75) is 13.8 Å². The zero-order valence-corrected chi connectivity index (χ0v) is 11.6. The van der Waals surface area contributed by atoms with Crippen molar-refractivity contribution in [3.8, 4) is 11.3 Å². The quantitative estimate of drug-likeness (QED) is 0.850. The van der Waals surface area contributed by atoms with Gasteiger partial charge in [-0.3, -0.25) is 9.59 Å². The van der Waals surface area contributed by atoms with Gasteiger partial charge >= 0.3 is 0 Å². The van der Waals surface area contributed by atoms with Crippen molar-refractivity contribution in [1.29, 1.82) is 0 Å². The summed E-state index contributed by atoms with van der Waals surface area (Å²) < 4.78 is 5.35. The maximum Gasteiger partial charge on any atom is 0.251 e. The van der Waals surface area contributed by atoms with Crippen LogP contribution in [0.1, 0.15) is 34.8 Å². The van der Waals surface area contributed by atoms with Gasteiger partial charge in [-0.2, -0.15) is 0 Å². The number of furan rings is 1. The molecule has 0 unspecified atom stereocenters. The second-order valence-electron chi connectivity index (χ2n) is 5.00. The number of benzene rings is 1. The molecule has 0 bridgehead atoms. The predicted octanol–water partition coefficient (Wildman–Crippen LogP) is 3.14. The third-order valence-electron chi connectivity index (χ3n) is 2.82. The van der Waals surface area contributed by atoms with Crippen molar-refractivity contribution in [2.24, 2.45) is 5.92 Å². The molecular formula is C16H17NO3. The molecule has 0 saturated carbocycles. The number of hydrogen-bond donors (Lipinski definition) is 1. The van der Waals surface area contributed by atoms with Crippen LogP contribution in [0.15, 0.2) is 40.8 Å². The van der Waals surface area contributed by atoms with Crippen LogP contribution in [0.3, 0.4) is 0 Å². The van der Waals surface area contributed by atoms with E-state index in [1.807, 2.05) is 19.9 Å². The van der Waals surface area contributed by atoms with Crippen molar-refractivity contribution in [3.63, 3.8) is 0 Å². The minimum absolute atomic E-state index is 0.109. The first-order valence-electron chi connectivity index (χ1n) is 6.54. The molecule has 4 heteroatoms. The zero-order chi connectivity index (χ0) is 14.5. The van der Waals surface area contributed by atoms with E-state index < -0.39 is 0 Å². The van der Waals surface area contributed by atoms with Gasteiger partial charge in [0.1, 0.15) is 5.76 Å². The van der Waals surface area contributed by atoms with Gasteiger partial charge in [-0.15, -0.1) is 0 Å². The second kappa shape index (κ2) is 6.19. The molecule has 0 aliphatic carbocycles.